The average molecular weight is 212 g/mol. The van der Waals surface area contributed by atoms with Crippen molar-refractivity contribution in [3.05, 3.63) is 65.8 Å². The molecule has 1 aliphatic rings. The Morgan fingerprint density at radius 1 is 1.25 bits per heavy atom. The first-order chi connectivity index (χ1) is 7.75. The van der Waals surface area contributed by atoms with Crippen molar-refractivity contribution in [2.45, 2.75) is 6.42 Å². The molecule has 16 heavy (non-hydrogen) atoms. The molecule has 1 N–H and O–H groups in total. The second kappa shape index (κ2) is 4.62. The van der Waals surface area contributed by atoms with Crippen LogP contribution in [0.3, 0.4) is 0 Å². The first-order valence-corrected chi connectivity index (χ1v) is 5.14. The van der Waals surface area contributed by atoms with Gasteiger partial charge in [0.15, 0.2) is 5.78 Å². The van der Waals surface area contributed by atoms with Crippen LogP contribution in [0.25, 0.3) is 0 Å². The molecule has 0 saturated heterocycles. The summed E-state index contributed by atoms with van der Waals surface area (Å²) in [6, 6.07) is 6.24. The summed E-state index contributed by atoms with van der Waals surface area (Å²) in [5.74, 6) is 0.114. The van der Waals surface area contributed by atoms with E-state index in [-0.39, 0.29) is 11.5 Å². The Kier molecular flexibility index (Phi) is 3.01. The van der Waals surface area contributed by atoms with Gasteiger partial charge in [0.2, 0.25) is 0 Å². The first kappa shape index (κ1) is 10.4. The van der Waals surface area contributed by atoms with Crippen LogP contribution < -0.4 is 0 Å². The molecule has 0 spiro atoms. The number of ketones is 1. The molecule has 0 unspecified atom stereocenters. The van der Waals surface area contributed by atoms with Crippen molar-refractivity contribution < 1.29 is 9.90 Å². The molecule has 1 aromatic carbocycles. The Morgan fingerprint density at radius 2 is 2.00 bits per heavy atom. The van der Waals surface area contributed by atoms with E-state index < -0.39 is 0 Å². The molecule has 2 rings (SSSR count). The van der Waals surface area contributed by atoms with E-state index in [1.54, 1.807) is 24.3 Å². The first-order valence-electron chi connectivity index (χ1n) is 5.14. The summed E-state index contributed by atoms with van der Waals surface area (Å²) in [4.78, 5) is 11.7. The maximum absolute atomic E-state index is 11.7. The van der Waals surface area contributed by atoms with Gasteiger partial charge < -0.3 is 5.11 Å². The van der Waals surface area contributed by atoms with Crippen LogP contribution in [0.1, 0.15) is 16.8 Å². The van der Waals surface area contributed by atoms with Gasteiger partial charge in [0, 0.05) is 5.56 Å². The highest BCUT2D eigenvalue weighted by molar-refractivity contribution is 6.04. The zero-order valence-corrected chi connectivity index (χ0v) is 8.76. The lowest BCUT2D eigenvalue weighted by atomic mass is 10.1. The molecule has 0 radical (unpaired) electrons. The summed E-state index contributed by atoms with van der Waals surface area (Å²) in [7, 11) is 0. The number of phenols is 1. The van der Waals surface area contributed by atoms with Gasteiger partial charge in [-0.1, -0.05) is 24.3 Å². The van der Waals surface area contributed by atoms with Gasteiger partial charge in [-0.15, -0.1) is 0 Å². The second-order valence-corrected chi connectivity index (χ2v) is 3.59. The molecule has 0 aromatic heterocycles. The SMILES string of the molecule is O=C(/C=C/C1=CCC=C1)c1ccc(O)cc1. The molecule has 0 saturated carbocycles. The van der Waals surface area contributed by atoms with Crippen molar-refractivity contribution >= 4 is 5.78 Å². The standard InChI is InChI=1S/C14H12O2/c15-13-8-6-12(7-9-13)14(16)10-5-11-3-1-2-4-11/h1,3-10,15H,2H2/b10-5+. The Hall–Kier alpha value is -2.09. The van der Waals surface area contributed by atoms with Crippen molar-refractivity contribution in [2.75, 3.05) is 0 Å². The quantitative estimate of drug-likeness (QED) is 0.617. The predicted molar refractivity (Wildman–Crippen MR) is 63.4 cm³/mol. The van der Waals surface area contributed by atoms with E-state index in [9.17, 15) is 4.79 Å². The lowest BCUT2D eigenvalue weighted by Crippen LogP contribution is -1.93. The topological polar surface area (TPSA) is 37.3 Å². The molecular formula is C14H12O2. The van der Waals surface area contributed by atoms with Crippen molar-refractivity contribution in [2.24, 2.45) is 0 Å². The number of hydrogen-bond acceptors (Lipinski definition) is 2. The molecule has 2 nitrogen and oxygen atoms in total. The number of hydrogen-bond donors (Lipinski definition) is 1. The third-order valence-corrected chi connectivity index (χ3v) is 2.38. The predicted octanol–water partition coefficient (Wildman–Crippen LogP) is 3.02. The maximum atomic E-state index is 11.7. The lowest BCUT2D eigenvalue weighted by molar-refractivity contribution is 0.104. The van der Waals surface area contributed by atoms with E-state index in [2.05, 4.69) is 6.08 Å². The van der Waals surface area contributed by atoms with E-state index in [0.29, 0.717) is 5.56 Å². The van der Waals surface area contributed by atoms with Gasteiger partial charge in [-0.3, -0.25) is 4.79 Å². The summed E-state index contributed by atoms with van der Waals surface area (Å²) in [5.41, 5.74) is 1.64. The highest BCUT2D eigenvalue weighted by atomic mass is 16.3. The Bertz CT molecular complexity index is 476. The van der Waals surface area contributed by atoms with Crippen LogP contribution in [0.2, 0.25) is 0 Å². The zero-order valence-electron chi connectivity index (χ0n) is 8.76. The van der Waals surface area contributed by atoms with E-state index in [1.807, 2.05) is 12.2 Å². The highest BCUT2D eigenvalue weighted by Gasteiger charge is 2.01. The van der Waals surface area contributed by atoms with Gasteiger partial charge >= 0.3 is 0 Å². The molecule has 0 bridgehead atoms. The summed E-state index contributed by atoms with van der Waals surface area (Å²) in [6.45, 7) is 0. The number of rotatable bonds is 3. The van der Waals surface area contributed by atoms with E-state index in [0.717, 1.165) is 12.0 Å². The van der Waals surface area contributed by atoms with Crippen LogP contribution in [0.5, 0.6) is 5.75 Å². The molecule has 0 amide bonds. The number of carbonyl (C=O) groups is 1. The van der Waals surface area contributed by atoms with Gasteiger partial charge in [0.1, 0.15) is 5.75 Å². The fraction of sp³-hybridized carbons (Fsp3) is 0.0714. The number of aromatic hydroxyl groups is 1. The van der Waals surface area contributed by atoms with E-state index in [4.69, 9.17) is 5.11 Å². The molecule has 1 aromatic rings. The normalized spacial score (nSPS) is 14.4. The minimum absolute atomic E-state index is 0.0544. The zero-order chi connectivity index (χ0) is 11.4. The monoisotopic (exact) mass is 212 g/mol. The number of carbonyl (C=O) groups excluding carboxylic acids is 1. The molecule has 80 valence electrons. The molecule has 0 atom stereocenters. The van der Waals surface area contributed by atoms with Gasteiger partial charge in [-0.05, 0) is 42.3 Å². The van der Waals surface area contributed by atoms with Gasteiger partial charge in [-0.25, -0.2) is 0 Å². The summed E-state index contributed by atoms with van der Waals surface area (Å²) >= 11 is 0. The highest BCUT2D eigenvalue weighted by Crippen LogP contribution is 2.13. The molecule has 1 aliphatic carbocycles. The number of allylic oxidation sites excluding steroid dienone is 6. The van der Waals surface area contributed by atoms with Crippen LogP contribution >= 0.6 is 0 Å². The van der Waals surface area contributed by atoms with Crippen LogP contribution in [0.4, 0.5) is 0 Å². The Labute approximate surface area is 94.2 Å². The molecule has 0 aliphatic heterocycles. The van der Waals surface area contributed by atoms with Crippen molar-refractivity contribution in [3.63, 3.8) is 0 Å². The number of benzene rings is 1. The molecule has 0 fully saturated rings. The average Bonchev–Trinajstić information content (AvgIpc) is 2.80. The van der Waals surface area contributed by atoms with Gasteiger partial charge in [-0.2, -0.15) is 0 Å². The van der Waals surface area contributed by atoms with E-state index >= 15 is 0 Å². The third kappa shape index (κ3) is 2.48. The fourth-order valence-electron chi connectivity index (χ4n) is 1.49. The van der Waals surface area contributed by atoms with Crippen molar-refractivity contribution in [3.8, 4) is 5.75 Å². The second-order valence-electron chi connectivity index (χ2n) is 3.59. The minimum atomic E-state index is -0.0544. The minimum Gasteiger partial charge on any atom is -0.508 e. The summed E-state index contributed by atoms with van der Waals surface area (Å²) < 4.78 is 0. The maximum Gasteiger partial charge on any atom is 0.185 e. The van der Waals surface area contributed by atoms with Crippen molar-refractivity contribution in [1.29, 1.82) is 0 Å². The van der Waals surface area contributed by atoms with E-state index in [1.165, 1.54) is 12.1 Å². The summed E-state index contributed by atoms with van der Waals surface area (Å²) in [6.07, 6.45) is 10.4. The fourth-order valence-corrected chi connectivity index (χ4v) is 1.49. The molecular weight excluding hydrogens is 200 g/mol. The Morgan fingerprint density at radius 3 is 2.62 bits per heavy atom. The van der Waals surface area contributed by atoms with Crippen LogP contribution in [-0.4, -0.2) is 10.9 Å². The number of phenolic OH excluding ortho intramolecular Hbond substituents is 1. The van der Waals surface area contributed by atoms with Crippen molar-refractivity contribution in [1.82, 2.24) is 0 Å². The summed E-state index contributed by atoms with van der Waals surface area (Å²) in [5, 5.41) is 9.09. The van der Waals surface area contributed by atoms with Gasteiger partial charge in [0.25, 0.3) is 0 Å². The molecule has 0 heterocycles. The third-order valence-electron chi connectivity index (χ3n) is 2.38. The molecule has 2 heteroatoms. The largest absolute Gasteiger partial charge is 0.508 e. The smallest absolute Gasteiger partial charge is 0.185 e. The van der Waals surface area contributed by atoms with Gasteiger partial charge in [0.05, 0.1) is 0 Å². The van der Waals surface area contributed by atoms with Crippen LogP contribution in [0, 0.1) is 0 Å². The lowest BCUT2D eigenvalue weighted by Gasteiger charge is -1.95. The van der Waals surface area contributed by atoms with Crippen LogP contribution in [-0.2, 0) is 0 Å². The Balaban J connectivity index is 2.08. The van der Waals surface area contributed by atoms with Crippen LogP contribution in [0.15, 0.2) is 60.2 Å².